The summed E-state index contributed by atoms with van der Waals surface area (Å²) in [6.45, 7) is 4.18. The van der Waals surface area contributed by atoms with Crippen LogP contribution in [0.25, 0.3) is 10.9 Å². The van der Waals surface area contributed by atoms with Gasteiger partial charge in [0.05, 0.1) is 12.7 Å². The van der Waals surface area contributed by atoms with Crippen molar-refractivity contribution in [2.75, 3.05) is 7.11 Å². The summed E-state index contributed by atoms with van der Waals surface area (Å²) in [6.07, 6.45) is 1.86. The van der Waals surface area contributed by atoms with Crippen molar-refractivity contribution in [1.29, 1.82) is 0 Å². The molecule has 1 heterocycles. The molecule has 3 heteroatoms. The number of aromatic nitrogens is 1. The van der Waals surface area contributed by atoms with E-state index in [0.717, 1.165) is 10.9 Å². The maximum Gasteiger partial charge on any atom is 0.340 e. The van der Waals surface area contributed by atoms with Crippen molar-refractivity contribution in [3.05, 3.63) is 36.0 Å². The van der Waals surface area contributed by atoms with E-state index in [-0.39, 0.29) is 5.97 Å². The quantitative estimate of drug-likeness (QED) is 0.724. The predicted octanol–water partition coefficient (Wildman–Crippen LogP) is 3.01. The lowest BCUT2D eigenvalue weighted by atomic mass is 10.2. The maximum absolute atomic E-state index is 11.6. The minimum atomic E-state index is -0.282. The lowest BCUT2D eigenvalue weighted by molar-refractivity contribution is 0.0602. The zero-order valence-corrected chi connectivity index (χ0v) is 9.73. The molecule has 1 aromatic heterocycles. The Morgan fingerprint density at radius 1 is 1.31 bits per heavy atom. The van der Waals surface area contributed by atoms with Crippen LogP contribution in [0.3, 0.4) is 0 Å². The Morgan fingerprint density at radius 2 is 2.00 bits per heavy atom. The fourth-order valence-corrected chi connectivity index (χ4v) is 1.90. The fourth-order valence-electron chi connectivity index (χ4n) is 1.90. The number of methoxy groups -OCH3 is 1. The van der Waals surface area contributed by atoms with Gasteiger partial charge in [0.1, 0.15) is 0 Å². The molecule has 16 heavy (non-hydrogen) atoms. The van der Waals surface area contributed by atoms with E-state index in [1.165, 1.54) is 7.11 Å². The van der Waals surface area contributed by atoms with Crippen LogP contribution in [0.4, 0.5) is 0 Å². The van der Waals surface area contributed by atoms with Crippen molar-refractivity contribution in [3.8, 4) is 0 Å². The van der Waals surface area contributed by atoms with Crippen LogP contribution in [0.1, 0.15) is 30.2 Å². The van der Waals surface area contributed by atoms with Crippen molar-refractivity contribution in [2.45, 2.75) is 19.9 Å². The van der Waals surface area contributed by atoms with Gasteiger partial charge in [0.25, 0.3) is 0 Å². The van der Waals surface area contributed by atoms with E-state index >= 15 is 0 Å². The molecule has 2 rings (SSSR count). The van der Waals surface area contributed by atoms with E-state index in [4.69, 9.17) is 4.74 Å². The molecule has 0 aliphatic rings. The lowest BCUT2D eigenvalue weighted by Crippen LogP contribution is -2.01. The van der Waals surface area contributed by atoms with Gasteiger partial charge in [0.2, 0.25) is 0 Å². The third kappa shape index (κ3) is 1.58. The van der Waals surface area contributed by atoms with Gasteiger partial charge in [-0.2, -0.15) is 0 Å². The van der Waals surface area contributed by atoms with Crippen LogP contribution in [-0.2, 0) is 4.74 Å². The first-order valence-electron chi connectivity index (χ1n) is 5.33. The van der Waals surface area contributed by atoms with Gasteiger partial charge in [-0.1, -0.05) is 18.2 Å². The predicted molar refractivity (Wildman–Crippen MR) is 63.7 cm³/mol. The van der Waals surface area contributed by atoms with Crippen LogP contribution in [0, 0.1) is 0 Å². The van der Waals surface area contributed by atoms with Gasteiger partial charge in [-0.05, 0) is 19.9 Å². The number of ether oxygens (including phenoxy) is 1. The third-order valence-electron chi connectivity index (χ3n) is 2.70. The number of rotatable bonds is 2. The van der Waals surface area contributed by atoms with Crippen LogP contribution in [0.2, 0.25) is 0 Å². The molecule has 3 nitrogen and oxygen atoms in total. The topological polar surface area (TPSA) is 31.2 Å². The molecule has 0 bridgehead atoms. The van der Waals surface area contributed by atoms with E-state index < -0.39 is 0 Å². The highest BCUT2D eigenvalue weighted by atomic mass is 16.5. The summed E-state index contributed by atoms with van der Waals surface area (Å²) in [6, 6.07) is 8.19. The first-order valence-corrected chi connectivity index (χ1v) is 5.33. The molecule has 84 valence electrons. The summed E-state index contributed by atoms with van der Waals surface area (Å²) < 4.78 is 6.87. The standard InChI is InChI=1S/C13H15NO2/c1-9(2)14-8-11(13(15)16-3)10-6-4-5-7-12(10)14/h4-9H,1-3H3. The van der Waals surface area contributed by atoms with Gasteiger partial charge in [-0.15, -0.1) is 0 Å². The zero-order chi connectivity index (χ0) is 11.7. The molecule has 2 aromatic rings. The highest BCUT2D eigenvalue weighted by Crippen LogP contribution is 2.24. The number of hydrogen-bond acceptors (Lipinski definition) is 2. The first-order chi connectivity index (χ1) is 7.65. The highest BCUT2D eigenvalue weighted by Gasteiger charge is 2.15. The van der Waals surface area contributed by atoms with Gasteiger partial charge < -0.3 is 9.30 Å². The van der Waals surface area contributed by atoms with E-state index in [0.29, 0.717) is 11.6 Å². The Kier molecular flexibility index (Phi) is 2.69. The molecule has 0 N–H and O–H groups in total. The molecule has 0 amide bonds. The second-order valence-electron chi connectivity index (χ2n) is 4.05. The number of benzene rings is 1. The summed E-state index contributed by atoms with van der Waals surface area (Å²) in [7, 11) is 1.41. The van der Waals surface area contributed by atoms with E-state index in [9.17, 15) is 4.79 Å². The lowest BCUT2D eigenvalue weighted by Gasteiger charge is -2.08. The molecule has 0 unspecified atom stereocenters. The molecular formula is C13H15NO2. The Hall–Kier alpha value is -1.77. The van der Waals surface area contributed by atoms with Crippen LogP contribution in [-0.4, -0.2) is 17.6 Å². The molecule has 0 aliphatic heterocycles. The van der Waals surface area contributed by atoms with E-state index in [2.05, 4.69) is 18.4 Å². The van der Waals surface area contributed by atoms with Gasteiger partial charge in [0.15, 0.2) is 0 Å². The van der Waals surface area contributed by atoms with Crippen molar-refractivity contribution < 1.29 is 9.53 Å². The fraction of sp³-hybridized carbons (Fsp3) is 0.308. The minimum Gasteiger partial charge on any atom is -0.465 e. The smallest absolute Gasteiger partial charge is 0.340 e. The molecule has 0 aliphatic carbocycles. The second-order valence-corrected chi connectivity index (χ2v) is 4.05. The van der Waals surface area contributed by atoms with Crippen molar-refractivity contribution >= 4 is 16.9 Å². The molecular weight excluding hydrogens is 202 g/mol. The summed E-state index contributed by atoms with van der Waals surface area (Å²) in [5, 5.41) is 0.947. The first kappa shape index (κ1) is 10.7. The number of fused-ring (bicyclic) bond motifs is 1. The monoisotopic (exact) mass is 217 g/mol. The molecule has 0 saturated carbocycles. The van der Waals surface area contributed by atoms with E-state index in [1.54, 1.807) is 0 Å². The zero-order valence-electron chi connectivity index (χ0n) is 9.73. The molecule has 0 atom stereocenters. The number of carbonyl (C=O) groups excluding carboxylic acids is 1. The summed E-state index contributed by atoms with van der Waals surface area (Å²) in [5.74, 6) is -0.282. The molecule has 0 radical (unpaired) electrons. The summed E-state index contributed by atoms with van der Waals surface area (Å²) in [5.41, 5.74) is 1.70. The van der Waals surface area contributed by atoms with Crippen LogP contribution < -0.4 is 0 Å². The minimum absolute atomic E-state index is 0.282. The average Bonchev–Trinajstić information content (AvgIpc) is 2.67. The van der Waals surface area contributed by atoms with Gasteiger partial charge in [-0.3, -0.25) is 0 Å². The number of esters is 1. The van der Waals surface area contributed by atoms with E-state index in [1.807, 2.05) is 30.5 Å². The molecule has 0 fully saturated rings. The Morgan fingerprint density at radius 3 is 2.62 bits per heavy atom. The van der Waals surface area contributed by atoms with Gasteiger partial charge >= 0.3 is 5.97 Å². The summed E-state index contributed by atoms with van der Waals surface area (Å²) >= 11 is 0. The SMILES string of the molecule is COC(=O)c1cn(C(C)C)c2ccccc12. The van der Waals surface area contributed by atoms with Crippen molar-refractivity contribution in [3.63, 3.8) is 0 Å². The van der Waals surface area contributed by atoms with Crippen molar-refractivity contribution in [1.82, 2.24) is 4.57 Å². The normalized spacial score (nSPS) is 11.0. The van der Waals surface area contributed by atoms with Gasteiger partial charge in [-0.25, -0.2) is 4.79 Å². The number of hydrogen-bond donors (Lipinski definition) is 0. The Labute approximate surface area is 94.6 Å². The number of nitrogens with zero attached hydrogens (tertiary/aromatic N) is 1. The van der Waals surface area contributed by atoms with Crippen LogP contribution in [0.15, 0.2) is 30.5 Å². The Balaban J connectivity index is 2.71. The molecule has 0 spiro atoms. The maximum atomic E-state index is 11.6. The van der Waals surface area contributed by atoms with Gasteiger partial charge in [0, 0.05) is 23.1 Å². The molecule has 1 aromatic carbocycles. The number of carbonyl (C=O) groups is 1. The van der Waals surface area contributed by atoms with Crippen LogP contribution >= 0.6 is 0 Å². The molecule has 0 saturated heterocycles. The highest BCUT2D eigenvalue weighted by molar-refractivity contribution is 6.04. The Bertz CT molecular complexity index is 526. The number of para-hydroxylation sites is 1. The average molecular weight is 217 g/mol. The third-order valence-corrected chi connectivity index (χ3v) is 2.70. The largest absolute Gasteiger partial charge is 0.465 e. The second kappa shape index (κ2) is 4.00. The van der Waals surface area contributed by atoms with Crippen LogP contribution in [0.5, 0.6) is 0 Å². The van der Waals surface area contributed by atoms with Crippen molar-refractivity contribution in [2.24, 2.45) is 0 Å². The summed E-state index contributed by atoms with van der Waals surface area (Å²) in [4.78, 5) is 11.6.